The number of aliphatic carboxylic acids is 1. The summed E-state index contributed by atoms with van der Waals surface area (Å²) in [4.78, 5) is 28.0. The lowest BCUT2D eigenvalue weighted by molar-refractivity contribution is -0.136. The van der Waals surface area contributed by atoms with E-state index in [4.69, 9.17) is 5.11 Å². The number of carbonyl (C=O) groups excluding carboxylic acids is 1. The molecule has 0 aliphatic heterocycles. The molecule has 0 saturated carbocycles. The van der Waals surface area contributed by atoms with E-state index < -0.39 is 5.97 Å². The lowest BCUT2D eigenvalue weighted by Gasteiger charge is -2.16. The Balaban J connectivity index is 2.11. The molecule has 2 rings (SSSR count). The van der Waals surface area contributed by atoms with Crippen molar-refractivity contribution in [2.24, 2.45) is 0 Å². The molecule has 0 saturated heterocycles. The molecule has 1 aromatic heterocycles. The largest absolute Gasteiger partial charge is 0.481 e. The molecule has 2 aromatic rings. The third kappa shape index (κ3) is 4.27. The molecule has 0 unspecified atom stereocenters. The monoisotopic (exact) mass is 286 g/mol. The van der Waals surface area contributed by atoms with Crippen LogP contribution in [0.5, 0.6) is 0 Å². The summed E-state index contributed by atoms with van der Waals surface area (Å²) in [6.07, 6.45) is 4.12. The van der Waals surface area contributed by atoms with Gasteiger partial charge in [0.15, 0.2) is 0 Å². The first kappa shape index (κ1) is 14.4. The highest BCUT2D eigenvalue weighted by atomic mass is 16.4. The van der Waals surface area contributed by atoms with Gasteiger partial charge in [-0.2, -0.15) is 10.1 Å². The third-order valence-corrected chi connectivity index (χ3v) is 2.69. The molecule has 21 heavy (non-hydrogen) atoms. The number of carboxylic acids is 1. The molecule has 0 spiro atoms. The Labute approximate surface area is 120 Å². The minimum Gasteiger partial charge on any atom is -0.481 e. The summed E-state index contributed by atoms with van der Waals surface area (Å²) in [5.41, 5.74) is 0.876. The first-order valence-electron chi connectivity index (χ1n) is 6.28. The fourth-order valence-electron chi connectivity index (χ4n) is 1.68. The molecule has 0 aliphatic carbocycles. The van der Waals surface area contributed by atoms with Crippen molar-refractivity contribution < 1.29 is 14.7 Å². The lowest BCUT2D eigenvalue weighted by Crippen LogP contribution is -2.32. The summed E-state index contributed by atoms with van der Waals surface area (Å²) in [5.74, 6) is -1.13. The number of anilines is 1. The summed E-state index contributed by atoms with van der Waals surface area (Å²) in [5, 5.41) is 15.0. The van der Waals surface area contributed by atoms with Gasteiger partial charge in [0, 0.05) is 12.6 Å². The first-order valence-corrected chi connectivity index (χ1v) is 6.28. The van der Waals surface area contributed by atoms with Crippen LogP contribution in [0.25, 0.3) is 6.08 Å². The van der Waals surface area contributed by atoms with E-state index in [1.165, 1.54) is 17.3 Å². The normalized spacial score (nSPS) is 10.7. The molecule has 0 radical (unpaired) electrons. The molecule has 108 valence electrons. The van der Waals surface area contributed by atoms with E-state index in [0.29, 0.717) is 0 Å². The SMILES string of the molecule is O=C(O)CCN(C(=O)/C=C/c1ccccc1)c1ncn[nH]1. The van der Waals surface area contributed by atoms with Crippen LogP contribution in [0, 0.1) is 0 Å². The summed E-state index contributed by atoms with van der Waals surface area (Å²) in [6.45, 7) is 0.0164. The van der Waals surface area contributed by atoms with E-state index in [9.17, 15) is 9.59 Å². The van der Waals surface area contributed by atoms with Crippen molar-refractivity contribution in [3.05, 3.63) is 48.3 Å². The molecule has 0 aliphatic rings. The van der Waals surface area contributed by atoms with Crippen molar-refractivity contribution >= 4 is 23.9 Å². The minimum atomic E-state index is -0.987. The second kappa shape index (κ2) is 6.99. The molecule has 7 nitrogen and oxygen atoms in total. The number of aromatic nitrogens is 3. The van der Waals surface area contributed by atoms with Crippen LogP contribution in [0.3, 0.4) is 0 Å². The Bertz CT molecular complexity index is 623. The predicted molar refractivity (Wildman–Crippen MR) is 76.5 cm³/mol. The fraction of sp³-hybridized carbons (Fsp3) is 0.143. The van der Waals surface area contributed by atoms with E-state index >= 15 is 0 Å². The summed E-state index contributed by atoms with van der Waals surface area (Å²) in [6, 6.07) is 9.33. The average molecular weight is 286 g/mol. The maximum atomic E-state index is 12.2. The summed E-state index contributed by atoms with van der Waals surface area (Å²) >= 11 is 0. The maximum Gasteiger partial charge on any atom is 0.305 e. The zero-order valence-corrected chi connectivity index (χ0v) is 11.1. The van der Waals surface area contributed by atoms with E-state index in [-0.39, 0.29) is 24.8 Å². The van der Waals surface area contributed by atoms with E-state index in [1.807, 2.05) is 30.3 Å². The van der Waals surface area contributed by atoms with Gasteiger partial charge in [-0.1, -0.05) is 30.3 Å². The van der Waals surface area contributed by atoms with Crippen molar-refractivity contribution in [2.75, 3.05) is 11.4 Å². The molecular weight excluding hydrogens is 272 g/mol. The molecular formula is C14H14N4O3. The number of carboxylic acid groups (broad SMARTS) is 1. The maximum absolute atomic E-state index is 12.2. The Morgan fingerprint density at radius 3 is 2.67 bits per heavy atom. The van der Waals surface area contributed by atoms with Gasteiger partial charge < -0.3 is 5.11 Å². The molecule has 7 heteroatoms. The summed E-state index contributed by atoms with van der Waals surface area (Å²) in [7, 11) is 0. The van der Waals surface area contributed by atoms with Crippen LogP contribution in [-0.4, -0.2) is 38.7 Å². The first-order chi connectivity index (χ1) is 10.2. The highest BCUT2D eigenvalue weighted by Crippen LogP contribution is 2.08. The van der Waals surface area contributed by atoms with Crippen LogP contribution in [0.2, 0.25) is 0 Å². The molecule has 1 aromatic carbocycles. The van der Waals surface area contributed by atoms with E-state index in [2.05, 4.69) is 15.2 Å². The molecule has 0 atom stereocenters. The fourth-order valence-corrected chi connectivity index (χ4v) is 1.68. The molecule has 1 heterocycles. The number of aromatic amines is 1. The number of nitrogens with zero attached hydrogens (tertiary/aromatic N) is 3. The Morgan fingerprint density at radius 1 is 1.29 bits per heavy atom. The van der Waals surface area contributed by atoms with Gasteiger partial charge in [-0.05, 0) is 11.6 Å². The van der Waals surface area contributed by atoms with Crippen LogP contribution in [-0.2, 0) is 9.59 Å². The standard InChI is InChI=1S/C14H14N4O3/c19-12(7-6-11-4-2-1-3-5-11)18(9-8-13(20)21)14-15-10-16-17-14/h1-7,10H,8-9H2,(H,20,21)(H,15,16,17)/b7-6+. The summed E-state index contributed by atoms with van der Waals surface area (Å²) < 4.78 is 0. The molecule has 1 amide bonds. The van der Waals surface area contributed by atoms with Gasteiger partial charge in [0.25, 0.3) is 5.91 Å². The number of amides is 1. The molecule has 0 bridgehead atoms. The second-order valence-corrected chi connectivity index (χ2v) is 4.19. The van der Waals surface area contributed by atoms with Crippen molar-refractivity contribution in [3.8, 4) is 0 Å². The Hall–Kier alpha value is -2.96. The number of nitrogens with one attached hydrogen (secondary N) is 1. The van der Waals surface area contributed by atoms with Gasteiger partial charge in [0.2, 0.25) is 5.95 Å². The number of carbonyl (C=O) groups is 2. The van der Waals surface area contributed by atoms with Crippen molar-refractivity contribution in [2.45, 2.75) is 6.42 Å². The van der Waals surface area contributed by atoms with Crippen LogP contribution in [0.4, 0.5) is 5.95 Å². The van der Waals surface area contributed by atoms with Gasteiger partial charge in [0.1, 0.15) is 6.33 Å². The number of rotatable bonds is 6. The second-order valence-electron chi connectivity index (χ2n) is 4.19. The van der Waals surface area contributed by atoms with Gasteiger partial charge >= 0.3 is 5.97 Å². The zero-order chi connectivity index (χ0) is 15.1. The van der Waals surface area contributed by atoms with Gasteiger partial charge in [0.05, 0.1) is 6.42 Å². The number of H-pyrrole nitrogens is 1. The smallest absolute Gasteiger partial charge is 0.305 e. The molecule has 2 N–H and O–H groups in total. The average Bonchev–Trinajstić information content (AvgIpc) is 3.00. The van der Waals surface area contributed by atoms with Crippen LogP contribution in [0.1, 0.15) is 12.0 Å². The van der Waals surface area contributed by atoms with Gasteiger partial charge in [-0.25, -0.2) is 5.10 Å². The van der Waals surface area contributed by atoms with Gasteiger partial charge in [-0.15, -0.1) is 0 Å². The highest BCUT2D eigenvalue weighted by molar-refractivity contribution is 6.02. The Morgan fingerprint density at radius 2 is 2.05 bits per heavy atom. The number of hydrogen-bond acceptors (Lipinski definition) is 4. The van der Waals surface area contributed by atoms with Crippen molar-refractivity contribution in [1.82, 2.24) is 15.2 Å². The van der Waals surface area contributed by atoms with E-state index in [1.54, 1.807) is 6.08 Å². The van der Waals surface area contributed by atoms with Gasteiger partial charge in [-0.3, -0.25) is 14.5 Å². The highest BCUT2D eigenvalue weighted by Gasteiger charge is 2.17. The topological polar surface area (TPSA) is 99.2 Å². The van der Waals surface area contributed by atoms with Crippen molar-refractivity contribution in [3.63, 3.8) is 0 Å². The van der Waals surface area contributed by atoms with Crippen LogP contribution >= 0.6 is 0 Å². The zero-order valence-electron chi connectivity index (χ0n) is 11.1. The molecule has 0 fully saturated rings. The predicted octanol–water partition coefficient (Wildman–Crippen LogP) is 1.33. The van der Waals surface area contributed by atoms with Crippen molar-refractivity contribution in [1.29, 1.82) is 0 Å². The third-order valence-electron chi connectivity index (χ3n) is 2.69. The minimum absolute atomic E-state index is 0.0164. The van der Waals surface area contributed by atoms with Crippen LogP contribution < -0.4 is 4.90 Å². The lowest BCUT2D eigenvalue weighted by atomic mass is 10.2. The van der Waals surface area contributed by atoms with Crippen LogP contribution in [0.15, 0.2) is 42.7 Å². The quantitative estimate of drug-likeness (QED) is 0.780. The Kier molecular flexibility index (Phi) is 4.81. The number of benzene rings is 1. The van der Waals surface area contributed by atoms with E-state index in [0.717, 1.165) is 5.56 Å². The number of hydrogen-bond donors (Lipinski definition) is 2.